The Hall–Kier alpha value is -4.06. The number of nitrogens with zero attached hydrogens (tertiary/aromatic N) is 4. The second-order valence-electron chi connectivity index (χ2n) is 12.2. The monoisotopic (exact) mass is 760 g/mol. The van der Waals surface area contributed by atoms with Crippen LogP contribution >= 0.6 is 38.9 Å². The second-order valence-corrected chi connectivity index (χ2v) is 14.7. The molecule has 0 radical (unpaired) electrons. The van der Waals surface area contributed by atoms with Crippen molar-refractivity contribution in [3.05, 3.63) is 109 Å². The van der Waals surface area contributed by atoms with Crippen molar-refractivity contribution in [3.8, 4) is 16.3 Å². The first-order chi connectivity index (χ1) is 23.7. The van der Waals surface area contributed by atoms with E-state index in [0.717, 1.165) is 75.4 Å². The van der Waals surface area contributed by atoms with Crippen LogP contribution in [0.2, 0.25) is 5.02 Å². The molecule has 0 bridgehead atoms. The molecular formula is C37H38BrClN6O3S. The smallest absolute Gasteiger partial charge is 0.287 e. The van der Waals surface area contributed by atoms with Gasteiger partial charge in [-0.1, -0.05) is 71.1 Å². The Morgan fingerprint density at radius 3 is 2.29 bits per heavy atom. The molecule has 12 heteroatoms. The number of amides is 2. The predicted molar refractivity (Wildman–Crippen MR) is 198 cm³/mol. The van der Waals surface area contributed by atoms with E-state index in [9.17, 15) is 9.59 Å². The molecule has 0 aliphatic carbocycles. The SMILES string of the molecule is Cc1sc2c(c1C)C(c1ccc(Cl)cc1)=N[C@@H](CC(=O)NCCCCCCCNC(=O)c1ccc(-c3ccc(Br)cc3)o1)c1nnc(C)n1-2. The van der Waals surface area contributed by atoms with Gasteiger partial charge in [0.15, 0.2) is 11.6 Å². The van der Waals surface area contributed by atoms with Crippen LogP contribution in [-0.4, -0.2) is 45.4 Å². The maximum absolute atomic E-state index is 13.2. The molecule has 4 heterocycles. The Labute approximate surface area is 303 Å². The lowest BCUT2D eigenvalue weighted by Crippen LogP contribution is -2.26. The normalized spacial score (nSPS) is 13.7. The van der Waals surface area contributed by atoms with E-state index < -0.39 is 6.04 Å². The van der Waals surface area contributed by atoms with Gasteiger partial charge in [0.2, 0.25) is 5.91 Å². The zero-order valence-corrected chi connectivity index (χ0v) is 30.8. The van der Waals surface area contributed by atoms with E-state index in [1.54, 1.807) is 17.4 Å². The summed E-state index contributed by atoms with van der Waals surface area (Å²) in [5, 5.41) is 16.6. The molecule has 254 valence electrons. The predicted octanol–water partition coefficient (Wildman–Crippen LogP) is 8.71. The van der Waals surface area contributed by atoms with Crippen LogP contribution in [0.5, 0.6) is 0 Å². The van der Waals surface area contributed by atoms with Crippen molar-refractivity contribution in [1.29, 1.82) is 0 Å². The van der Waals surface area contributed by atoms with E-state index in [-0.39, 0.29) is 18.2 Å². The zero-order valence-electron chi connectivity index (χ0n) is 27.7. The van der Waals surface area contributed by atoms with E-state index in [4.69, 9.17) is 21.0 Å². The molecule has 2 N–H and O–H groups in total. The van der Waals surface area contributed by atoms with Gasteiger partial charge in [0.1, 0.15) is 22.6 Å². The molecule has 1 aliphatic rings. The summed E-state index contributed by atoms with van der Waals surface area (Å²) in [6.07, 6.45) is 4.90. The quantitative estimate of drug-likeness (QED) is 0.117. The summed E-state index contributed by atoms with van der Waals surface area (Å²) in [4.78, 5) is 32.1. The van der Waals surface area contributed by atoms with E-state index >= 15 is 0 Å². The van der Waals surface area contributed by atoms with E-state index in [1.807, 2.05) is 61.5 Å². The van der Waals surface area contributed by atoms with Crippen molar-refractivity contribution >= 4 is 56.4 Å². The summed E-state index contributed by atoms with van der Waals surface area (Å²) in [6, 6.07) is 18.5. The second kappa shape index (κ2) is 15.7. The van der Waals surface area contributed by atoms with Crippen LogP contribution in [0.15, 0.2) is 74.5 Å². The lowest BCUT2D eigenvalue weighted by atomic mass is 9.99. The molecule has 6 rings (SSSR count). The topological polar surface area (TPSA) is 114 Å². The molecule has 49 heavy (non-hydrogen) atoms. The number of carbonyl (C=O) groups excluding carboxylic acids is 2. The third kappa shape index (κ3) is 8.06. The fourth-order valence-electron chi connectivity index (χ4n) is 5.91. The third-order valence-corrected chi connectivity index (χ3v) is 10.6. The molecule has 1 atom stereocenters. The number of unbranched alkanes of at least 4 members (excludes halogenated alkanes) is 4. The van der Waals surface area contributed by atoms with E-state index in [0.29, 0.717) is 35.5 Å². The van der Waals surface area contributed by atoms with Gasteiger partial charge in [-0.25, -0.2) is 0 Å². The summed E-state index contributed by atoms with van der Waals surface area (Å²) < 4.78 is 8.80. The van der Waals surface area contributed by atoms with Gasteiger partial charge >= 0.3 is 0 Å². The zero-order chi connectivity index (χ0) is 34.5. The number of fused-ring (bicyclic) bond motifs is 3. The number of benzene rings is 2. The van der Waals surface area contributed by atoms with Gasteiger partial charge in [-0.2, -0.15) is 0 Å². The molecule has 2 aromatic carbocycles. The van der Waals surface area contributed by atoms with Crippen LogP contribution in [0.25, 0.3) is 16.3 Å². The Morgan fingerprint density at radius 1 is 0.878 bits per heavy atom. The van der Waals surface area contributed by atoms with Crippen LogP contribution in [0.4, 0.5) is 0 Å². The highest BCUT2D eigenvalue weighted by molar-refractivity contribution is 9.10. The minimum absolute atomic E-state index is 0.0708. The van der Waals surface area contributed by atoms with Gasteiger partial charge in [-0.05, 0) is 75.6 Å². The van der Waals surface area contributed by atoms with Gasteiger partial charge in [0, 0.05) is 44.2 Å². The summed E-state index contributed by atoms with van der Waals surface area (Å²) in [6.45, 7) is 7.33. The first-order valence-corrected chi connectivity index (χ1v) is 18.5. The number of rotatable bonds is 13. The van der Waals surface area contributed by atoms with Crippen molar-refractivity contribution in [2.24, 2.45) is 4.99 Å². The largest absolute Gasteiger partial charge is 0.451 e. The van der Waals surface area contributed by atoms with Gasteiger partial charge < -0.3 is 15.1 Å². The summed E-state index contributed by atoms with van der Waals surface area (Å²) >= 11 is 11.3. The number of furan rings is 1. The number of aromatic nitrogens is 3. The van der Waals surface area contributed by atoms with E-state index in [2.05, 4.69) is 55.2 Å². The summed E-state index contributed by atoms with van der Waals surface area (Å²) in [7, 11) is 0. The molecule has 0 saturated carbocycles. The maximum atomic E-state index is 13.2. The number of carbonyl (C=O) groups is 2. The van der Waals surface area contributed by atoms with Crippen LogP contribution in [-0.2, 0) is 4.79 Å². The van der Waals surface area contributed by atoms with Crippen molar-refractivity contribution in [2.45, 2.75) is 65.3 Å². The van der Waals surface area contributed by atoms with Crippen molar-refractivity contribution in [3.63, 3.8) is 0 Å². The number of aryl methyl sites for hydroxylation is 2. The molecule has 0 saturated heterocycles. The minimum Gasteiger partial charge on any atom is -0.451 e. The Kier molecular flexibility index (Phi) is 11.1. The molecule has 0 spiro atoms. The molecule has 9 nitrogen and oxygen atoms in total. The van der Waals surface area contributed by atoms with Crippen molar-refractivity contribution in [1.82, 2.24) is 25.4 Å². The number of thiophene rings is 1. The number of nitrogens with one attached hydrogen (secondary N) is 2. The fraction of sp³-hybridized carbons (Fsp3) is 0.324. The highest BCUT2D eigenvalue weighted by Gasteiger charge is 2.32. The molecule has 0 fully saturated rings. The average Bonchev–Trinajstić information content (AvgIpc) is 3.78. The summed E-state index contributed by atoms with van der Waals surface area (Å²) in [5.74, 6) is 2.12. The standard InChI is InChI=1S/C37H38BrClN6O3S/c1-22-23(2)49-37-33(22)34(26-11-15-28(39)16-12-26)42-29(35-44-43-24(3)45(35)37)21-32(46)40-19-7-5-4-6-8-20-41-36(47)31-18-17-30(48-31)25-9-13-27(38)14-10-25/h9-18,29H,4-8,19-21H2,1-3H3,(H,40,46)(H,41,47)/t29-/m0/s1. The first-order valence-electron chi connectivity index (χ1n) is 16.5. The highest BCUT2D eigenvalue weighted by Crippen LogP contribution is 2.39. The molecule has 3 aromatic heterocycles. The third-order valence-electron chi connectivity index (χ3n) is 8.66. The minimum atomic E-state index is -0.491. The average molecular weight is 762 g/mol. The van der Waals surface area contributed by atoms with Crippen LogP contribution in [0, 0.1) is 20.8 Å². The lowest BCUT2D eigenvalue weighted by molar-refractivity contribution is -0.121. The molecule has 2 amide bonds. The Morgan fingerprint density at radius 2 is 1.55 bits per heavy atom. The lowest BCUT2D eigenvalue weighted by Gasteiger charge is -2.13. The highest BCUT2D eigenvalue weighted by atomic mass is 79.9. The van der Waals surface area contributed by atoms with Crippen LogP contribution in [0.3, 0.4) is 0 Å². The molecule has 5 aromatic rings. The first kappa shape index (κ1) is 34.8. The molecule has 1 aliphatic heterocycles. The Balaban J connectivity index is 0.965. The van der Waals surface area contributed by atoms with Crippen LogP contribution < -0.4 is 10.6 Å². The maximum Gasteiger partial charge on any atom is 0.287 e. The van der Waals surface area contributed by atoms with E-state index in [1.165, 1.54) is 4.88 Å². The number of hydrogen-bond acceptors (Lipinski definition) is 7. The molecule has 0 unspecified atom stereocenters. The number of hydrogen-bond donors (Lipinski definition) is 2. The van der Waals surface area contributed by atoms with Gasteiger partial charge in [-0.15, -0.1) is 21.5 Å². The van der Waals surface area contributed by atoms with Gasteiger partial charge in [0.25, 0.3) is 5.91 Å². The number of halogens is 2. The van der Waals surface area contributed by atoms with Crippen molar-refractivity contribution < 1.29 is 14.0 Å². The van der Waals surface area contributed by atoms with Crippen molar-refractivity contribution in [2.75, 3.05) is 13.1 Å². The molecular weight excluding hydrogens is 724 g/mol. The Bertz CT molecular complexity index is 1980. The van der Waals surface area contributed by atoms with Gasteiger partial charge in [0.05, 0.1) is 12.1 Å². The number of aliphatic imine (C=N–C) groups is 1. The van der Waals surface area contributed by atoms with Crippen LogP contribution in [0.1, 0.15) is 88.3 Å². The fourth-order valence-corrected chi connectivity index (χ4v) is 7.51. The summed E-state index contributed by atoms with van der Waals surface area (Å²) in [5.41, 5.74) is 4.90. The van der Waals surface area contributed by atoms with Gasteiger partial charge in [-0.3, -0.25) is 19.1 Å².